The topological polar surface area (TPSA) is 15.3 Å². The second-order valence-corrected chi connectivity index (χ2v) is 5.09. The number of anilines is 1. The molecule has 3 rings (SSSR count). The Kier molecular flexibility index (Phi) is 2.60. The molecule has 2 nitrogen and oxygen atoms in total. The molecule has 0 spiro atoms. The van der Waals surface area contributed by atoms with Gasteiger partial charge in [0.05, 0.1) is 0 Å². The molecule has 1 aliphatic carbocycles. The molecule has 0 aromatic heterocycles. The van der Waals surface area contributed by atoms with Crippen LogP contribution in [0.3, 0.4) is 0 Å². The van der Waals surface area contributed by atoms with Crippen molar-refractivity contribution in [3.8, 4) is 0 Å². The number of fused-ring (bicyclic) bond motifs is 1. The highest BCUT2D eigenvalue weighted by atomic mass is 15.2. The molecule has 2 atom stereocenters. The number of piperazine rings is 1. The molecule has 1 N–H and O–H groups in total. The van der Waals surface area contributed by atoms with Crippen molar-refractivity contribution < 1.29 is 0 Å². The first-order chi connectivity index (χ1) is 7.84. The van der Waals surface area contributed by atoms with Crippen LogP contribution >= 0.6 is 0 Å². The van der Waals surface area contributed by atoms with Crippen LogP contribution in [0.25, 0.3) is 0 Å². The second kappa shape index (κ2) is 4.10. The van der Waals surface area contributed by atoms with Crippen molar-refractivity contribution in [1.82, 2.24) is 5.32 Å². The zero-order valence-corrected chi connectivity index (χ0v) is 9.95. The normalized spacial score (nSPS) is 29.2. The van der Waals surface area contributed by atoms with E-state index >= 15 is 0 Å². The van der Waals surface area contributed by atoms with Crippen LogP contribution in [0, 0.1) is 6.92 Å². The maximum absolute atomic E-state index is 3.65. The van der Waals surface area contributed by atoms with Gasteiger partial charge in [-0.1, -0.05) is 12.1 Å². The van der Waals surface area contributed by atoms with Gasteiger partial charge in [0.25, 0.3) is 0 Å². The molecule has 1 heterocycles. The Morgan fingerprint density at radius 1 is 1.31 bits per heavy atom. The van der Waals surface area contributed by atoms with Crippen molar-refractivity contribution in [3.63, 3.8) is 0 Å². The molecule has 1 saturated carbocycles. The Hall–Kier alpha value is -1.02. The molecule has 0 bridgehead atoms. The summed E-state index contributed by atoms with van der Waals surface area (Å²) in [6, 6.07) is 10.4. The number of hydrogen-bond acceptors (Lipinski definition) is 2. The molecule has 2 unspecified atom stereocenters. The third kappa shape index (κ3) is 1.71. The molecule has 2 aliphatic rings. The van der Waals surface area contributed by atoms with E-state index < -0.39 is 0 Å². The van der Waals surface area contributed by atoms with Gasteiger partial charge in [-0.2, -0.15) is 0 Å². The average Bonchev–Trinajstić information content (AvgIpc) is 2.76. The highest BCUT2D eigenvalue weighted by molar-refractivity contribution is 5.50. The number of hydrogen-bond donors (Lipinski definition) is 1. The summed E-state index contributed by atoms with van der Waals surface area (Å²) in [4.78, 5) is 2.61. The zero-order valence-electron chi connectivity index (χ0n) is 9.95. The van der Waals surface area contributed by atoms with E-state index in [1.807, 2.05) is 0 Å². The van der Waals surface area contributed by atoms with Gasteiger partial charge in [0, 0.05) is 30.9 Å². The van der Waals surface area contributed by atoms with Crippen molar-refractivity contribution >= 4 is 5.69 Å². The lowest BCUT2D eigenvalue weighted by atomic mass is 10.1. The fourth-order valence-electron chi connectivity index (χ4n) is 3.22. The summed E-state index contributed by atoms with van der Waals surface area (Å²) in [5.41, 5.74) is 2.78. The molecule has 0 amide bonds. The minimum absolute atomic E-state index is 0.731. The van der Waals surface area contributed by atoms with Crippen LogP contribution in [0.1, 0.15) is 24.8 Å². The van der Waals surface area contributed by atoms with Crippen molar-refractivity contribution in [3.05, 3.63) is 29.8 Å². The number of rotatable bonds is 1. The van der Waals surface area contributed by atoms with Crippen LogP contribution in [-0.2, 0) is 0 Å². The van der Waals surface area contributed by atoms with E-state index in [1.54, 1.807) is 0 Å². The summed E-state index contributed by atoms with van der Waals surface area (Å²) in [6.07, 6.45) is 4.09. The molecule has 1 aromatic carbocycles. The van der Waals surface area contributed by atoms with Gasteiger partial charge in [0.15, 0.2) is 0 Å². The van der Waals surface area contributed by atoms with Crippen LogP contribution in [0.4, 0.5) is 5.69 Å². The first-order valence-electron chi connectivity index (χ1n) is 6.41. The molecular formula is C14H20N2. The Balaban J connectivity index is 1.88. The van der Waals surface area contributed by atoms with Crippen molar-refractivity contribution in [2.75, 3.05) is 18.0 Å². The maximum atomic E-state index is 3.65. The largest absolute Gasteiger partial charge is 0.366 e. The van der Waals surface area contributed by atoms with Gasteiger partial charge in [-0.25, -0.2) is 0 Å². The van der Waals surface area contributed by atoms with Gasteiger partial charge in [-0.05, 0) is 43.9 Å². The van der Waals surface area contributed by atoms with E-state index in [4.69, 9.17) is 0 Å². The van der Waals surface area contributed by atoms with Crippen molar-refractivity contribution in [1.29, 1.82) is 0 Å². The lowest BCUT2D eigenvalue weighted by Crippen LogP contribution is -2.55. The third-order valence-electron chi connectivity index (χ3n) is 3.97. The lowest BCUT2D eigenvalue weighted by molar-refractivity contribution is 0.404. The molecule has 2 fully saturated rings. The molecule has 1 saturated heterocycles. The highest BCUT2D eigenvalue weighted by Crippen LogP contribution is 2.30. The standard InChI is InChI=1S/C14H20N2/c1-11-4-2-5-12(10-11)16-9-8-15-13-6-3-7-14(13)16/h2,4-5,10,13-15H,3,6-9H2,1H3. The molecule has 86 valence electrons. The number of nitrogens with zero attached hydrogens (tertiary/aromatic N) is 1. The Morgan fingerprint density at radius 2 is 2.25 bits per heavy atom. The minimum Gasteiger partial charge on any atom is -0.366 e. The first-order valence-corrected chi connectivity index (χ1v) is 6.41. The molecule has 1 aromatic rings. The number of aryl methyl sites for hydroxylation is 1. The van der Waals surface area contributed by atoms with E-state index in [-0.39, 0.29) is 0 Å². The van der Waals surface area contributed by atoms with E-state index in [0.717, 1.165) is 25.2 Å². The Morgan fingerprint density at radius 3 is 3.12 bits per heavy atom. The molecular weight excluding hydrogens is 196 g/mol. The smallest absolute Gasteiger partial charge is 0.0443 e. The summed E-state index contributed by atoms with van der Waals surface area (Å²) in [6.45, 7) is 4.47. The predicted octanol–water partition coefficient (Wildman–Crippen LogP) is 2.33. The summed E-state index contributed by atoms with van der Waals surface area (Å²) in [5.74, 6) is 0. The van der Waals surface area contributed by atoms with Crippen LogP contribution in [-0.4, -0.2) is 25.2 Å². The number of nitrogens with one attached hydrogen (secondary N) is 1. The highest BCUT2D eigenvalue weighted by Gasteiger charge is 2.34. The van der Waals surface area contributed by atoms with E-state index in [0.29, 0.717) is 0 Å². The van der Waals surface area contributed by atoms with E-state index in [2.05, 4.69) is 41.4 Å². The van der Waals surface area contributed by atoms with Gasteiger partial charge < -0.3 is 10.2 Å². The Bertz CT molecular complexity index is 375. The van der Waals surface area contributed by atoms with Crippen LogP contribution in [0.15, 0.2) is 24.3 Å². The fourth-order valence-corrected chi connectivity index (χ4v) is 3.22. The van der Waals surface area contributed by atoms with Crippen molar-refractivity contribution in [2.45, 2.75) is 38.3 Å². The van der Waals surface area contributed by atoms with Gasteiger partial charge in [-0.3, -0.25) is 0 Å². The van der Waals surface area contributed by atoms with Crippen molar-refractivity contribution in [2.24, 2.45) is 0 Å². The van der Waals surface area contributed by atoms with Crippen LogP contribution in [0.2, 0.25) is 0 Å². The van der Waals surface area contributed by atoms with Gasteiger partial charge in [0.2, 0.25) is 0 Å². The van der Waals surface area contributed by atoms with Gasteiger partial charge >= 0.3 is 0 Å². The summed E-state index contributed by atoms with van der Waals surface area (Å²) >= 11 is 0. The Labute approximate surface area is 97.6 Å². The summed E-state index contributed by atoms with van der Waals surface area (Å²) in [5, 5.41) is 3.65. The average molecular weight is 216 g/mol. The molecule has 16 heavy (non-hydrogen) atoms. The monoisotopic (exact) mass is 216 g/mol. The quantitative estimate of drug-likeness (QED) is 0.775. The molecule has 1 aliphatic heterocycles. The third-order valence-corrected chi connectivity index (χ3v) is 3.97. The summed E-state index contributed by atoms with van der Waals surface area (Å²) in [7, 11) is 0. The predicted molar refractivity (Wildman–Crippen MR) is 68.0 cm³/mol. The van der Waals surface area contributed by atoms with Gasteiger partial charge in [-0.15, -0.1) is 0 Å². The maximum Gasteiger partial charge on any atom is 0.0443 e. The van der Waals surface area contributed by atoms with E-state index in [1.165, 1.54) is 30.5 Å². The molecule has 2 heteroatoms. The first kappa shape index (κ1) is 10.2. The van der Waals surface area contributed by atoms with Crippen LogP contribution in [0.5, 0.6) is 0 Å². The zero-order chi connectivity index (χ0) is 11.0. The summed E-state index contributed by atoms with van der Waals surface area (Å²) < 4.78 is 0. The van der Waals surface area contributed by atoms with Crippen LogP contribution < -0.4 is 10.2 Å². The minimum atomic E-state index is 0.731. The van der Waals surface area contributed by atoms with E-state index in [9.17, 15) is 0 Å². The fraction of sp³-hybridized carbons (Fsp3) is 0.571. The molecule has 0 radical (unpaired) electrons. The number of benzene rings is 1. The second-order valence-electron chi connectivity index (χ2n) is 5.09. The SMILES string of the molecule is Cc1cccc(N2CCNC3CCCC32)c1. The van der Waals surface area contributed by atoms with Gasteiger partial charge in [0.1, 0.15) is 0 Å². The lowest BCUT2D eigenvalue weighted by Gasteiger charge is -2.40.